The van der Waals surface area contributed by atoms with E-state index < -0.39 is 0 Å². The molecule has 8 heteroatoms. The summed E-state index contributed by atoms with van der Waals surface area (Å²) >= 11 is 0. The van der Waals surface area contributed by atoms with E-state index in [2.05, 4.69) is 38.5 Å². The molecule has 2 aromatic heterocycles. The number of hydrogen-bond acceptors (Lipinski definition) is 6. The van der Waals surface area contributed by atoms with Crippen LogP contribution in [0.25, 0.3) is 22.3 Å². The van der Waals surface area contributed by atoms with Crippen molar-refractivity contribution >= 4 is 22.9 Å². The number of ether oxygens (including phenoxy) is 1. The Morgan fingerprint density at radius 3 is 2.89 bits per heavy atom. The van der Waals surface area contributed by atoms with Gasteiger partial charge in [-0.3, -0.25) is 4.79 Å². The molecular formula is C29H28N6O2. The van der Waals surface area contributed by atoms with Gasteiger partial charge in [0.25, 0.3) is 5.91 Å². The number of nitrogens with one attached hydrogen (secondary N) is 2. The van der Waals surface area contributed by atoms with Crippen LogP contribution in [-0.4, -0.2) is 45.1 Å². The van der Waals surface area contributed by atoms with Crippen LogP contribution in [0.1, 0.15) is 23.7 Å². The van der Waals surface area contributed by atoms with Crippen molar-refractivity contribution in [2.75, 3.05) is 18.9 Å². The van der Waals surface area contributed by atoms with Crippen LogP contribution < -0.4 is 11.1 Å². The highest BCUT2D eigenvalue weighted by molar-refractivity contribution is 5.96. The van der Waals surface area contributed by atoms with Gasteiger partial charge in [0.1, 0.15) is 5.82 Å². The molecule has 1 fully saturated rings. The highest BCUT2D eigenvalue weighted by Gasteiger charge is 2.33. The van der Waals surface area contributed by atoms with Gasteiger partial charge in [-0.25, -0.2) is 15.0 Å². The monoisotopic (exact) mass is 492 g/mol. The Hall–Kier alpha value is -4.30. The number of carbonyl (C=O) groups excluding carboxylic acids is 1. The van der Waals surface area contributed by atoms with Gasteiger partial charge in [-0.2, -0.15) is 0 Å². The minimum absolute atomic E-state index is 0.0173. The summed E-state index contributed by atoms with van der Waals surface area (Å²) < 4.78 is 6.16. The summed E-state index contributed by atoms with van der Waals surface area (Å²) in [5.41, 5.74) is 11.2. The Labute approximate surface area is 214 Å². The molecule has 8 nitrogen and oxygen atoms in total. The van der Waals surface area contributed by atoms with Crippen LogP contribution in [0.4, 0.5) is 5.95 Å². The maximum atomic E-state index is 12.8. The molecule has 0 radical (unpaired) electrons. The summed E-state index contributed by atoms with van der Waals surface area (Å²) in [5, 5.41) is 3.04. The highest BCUT2D eigenvalue weighted by atomic mass is 16.5. The third-order valence-electron chi connectivity index (χ3n) is 6.99. The average molecular weight is 493 g/mol. The van der Waals surface area contributed by atoms with E-state index in [0.29, 0.717) is 18.7 Å². The molecule has 3 atom stereocenters. The van der Waals surface area contributed by atoms with Crippen molar-refractivity contribution in [3.05, 3.63) is 96.0 Å². The van der Waals surface area contributed by atoms with Crippen LogP contribution in [0.2, 0.25) is 0 Å². The van der Waals surface area contributed by atoms with Gasteiger partial charge in [-0.05, 0) is 36.6 Å². The zero-order valence-electron chi connectivity index (χ0n) is 20.3. The lowest BCUT2D eigenvalue weighted by molar-refractivity contribution is -0.117. The molecule has 1 aliphatic heterocycles. The lowest BCUT2D eigenvalue weighted by atomic mass is 9.83. The van der Waals surface area contributed by atoms with Crippen molar-refractivity contribution in [3.63, 3.8) is 0 Å². The molecule has 1 saturated heterocycles. The molecule has 3 unspecified atom stereocenters. The molecule has 0 saturated carbocycles. The van der Waals surface area contributed by atoms with Crippen LogP contribution in [0.15, 0.2) is 84.6 Å². The first-order valence-electron chi connectivity index (χ1n) is 12.5. The van der Waals surface area contributed by atoms with E-state index in [4.69, 9.17) is 15.5 Å². The first-order valence-corrected chi connectivity index (χ1v) is 12.5. The van der Waals surface area contributed by atoms with E-state index in [1.54, 1.807) is 6.20 Å². The zero-order valence-corrected chi connectivity index (χ0v) is 20.3. The highest BCUT2D eigenvalue weighted by Crippen LogP contribution is 2.36. The number of nitrogens with zero attached hydrogens (tertiary/aromatic N) is 3. The van der Waals surface area contributed by atoms with Crippen LogP contribution in [0.5, 0.6) is 0 Å². The Kier molecular flexibility index (Phi) is 6.24. The molecule has 186 valence electrons. The Bertz CT molecular complexity index is 1490. The van der Waals surface area contributed by atoms with Crippen molar-refractivity contribution in [1.82, 2.24) is 25.3 Å². The van der Waals surface area contributed by atoms with Crippen molar-refractivity contribution in [1.29, 1.82) is 0 Å². The molecule has 0 spiro atoms. The summed E-state index contributed by atoms with van der Waals surface area (Å²) in [6.45, 7) is 1.18. The van der Waals surface area contributed by atoms with Gasteiger partial charge in [0, 0.05) is 35.7 Å². The maximum Gasteiger partial charge on any atom is 0.250 e. The Balaban J connectivity index is 1.13. The number of anilines is 1. The van der Waals surface area contributed by atoms with Crippen LogP contribution in [0.3, 0.4) is 0 Å². The maximum absolute atomic E-state index is 12.8. The third-order valence-corrected chi connectivity index (χ3v) is 6.99. The number of rotatable bonds is 6. The molecule has 2 aliphatic rings. The van der Waals surface area contributed by atoms with Gasteiger partial charge < -0.3 is 20.8 Å². The minimum Gasteiger partial charge on any atom is -0.373 e. The average Bonchev–Trinajstić information content (AvgIpc) is 3.36. The number of H-pyrrole nitrogens is 1. The second-order valence-corrected chi connectivity index (χ2v) is 9.52. The number of hydrogen-bond donors (Lipinski definition) is 3. The van der Waals surface area contributed by atoms with E-state index in [9.17, 15) is 4.79 Å². The predicted molar refractivity (Wildman–Crippen MR) is 142 cm³/mol. The predicted octanol–water partition coefficient (Wildman–Crippen LogP) is 3.95. The van der Waals surface area contributed by atoms with Crippen LogP contribution in [-0.2, 0) is 16.0 Å². The number of fused-ring (bicyclic) bond motifs is 2. The van der Waals surface area contributed by atoms with E-state index >= 15 is 0 Å². The molecule has 37 heavy (non-hydrogen) atoms. The molecule has 4 N–H and O–H groups in total. The number of nitrogens with two attached hydrogens (primary N) is 1. The zero-order chi connectivity index (χ0) is 25.2. The number of benzene rings is 2. The van der Waals surface area contributed by atoms with Crippen LogP contribution in [0, 0.1) is 5.92 Å². The van der Waals surface area contributed by atoms with E-state index in [1.807, 2.05) is 54.6 Å². The van der Waals surface area contributed by atoms with E-state index in [0.717, 1.165) is 41.0 Å². The second kappa shape index (κ2) is 9.99. The van der Waals surface area contributed by atoms with Gasteiger partial charge in [-0.15, -0.1) is 0 Å². The fraction of sp³-hybridized carbons (Fsp3) is 0.241. The molecule has 0 bridgehead atoms. The van der Waals surface area contributed by atoms with Gasteiger partial charge in [0.2, 0.25) is 5.95 Å². The summed E-state index contributed by atoms with van der Waals surface area (Å²) in [5.74, 6) is 1.32. The van der Waals surface area contributed by atoms with Crippen molar-refractivity contribution in [2.24, 2.45) is 5.92 Å². The molecule has 1 aliphatic carbocycles. The fourth-order valence-electron chi connectivity index (χ4n) is 5.05. The Morgan fingerprint density at radius 1 is 1.14 bits per heavy atom. The fourth-order valence-corrected chi connectivity index (χ4v) is 5.05. The number of carbonyl (C=O) groups is 1. The lowest BCUT2D eigenvalue weighted by Crippen LogP contribution is -2.35. The summed E-state index contributed by atoms with van der Waals surface area (Å²) in [6, 6.07) is 18.0. The number of amides is 1. The number of aromatic amines is 1. The molecule has 1 amide bonds. The lowest BCUT2D eigenvalue weighted by Gasteiger charge is -2.34. The number of nitrogen functional groups attached to an aromatic ring is 1. The molecule has 4 aromatic rings. The standard InChI is InChI=1S/C29H28N6O2/c30-29-32-13-11-23(35-29)19-6-8-24-25(16-19)34-27(33-24)22-15-21-14-20(7-9-26(21)37-17-22)28(36)31-12-10-18-4-2-1-3-5-18/h1-9,11,13-14,16,21-22,26H,10,12,15,17H2,(H,31,36)(H,33,34)(H2,30,32,35). The number of imidazole rings is 1. The van der Waals surface area contributed by atoms with Gasteiger partial charge in [-0.1, -0.05) is 54.6 Å². The van der Waals surface area contributed by atoms with E-state index in [-0.39, 0.29) is 29.8 Å². The quantitative estimate of drug-likeness (QED) is 0.375. The summed E-state index contributed by atoms with van der Waals surface area (Å²) in [7, 11) is 0. The van der Waals surface area contributed by atoms with Gasteiger partial charge in [0.15, 0.2) is 0 Å². The molecular weight excluding hydrogens is 464 g/mol. The van der Waals surface area contributed by atoms with Crippen molar-refractivity contribution < 1.29 is 9.53 Å². The minimum atomic E-state index is -0.0469. The topological polar surface area (TPSA) is 119 Å². The second-order valence-electron chi connectivity index (χ2n) is 9.52. The molecule has 3 heterocycles. The summed E-state index contributed by atoms with van der Waals surface area (Å²) in [6.07, 6.45) is 9.22. The van der Waals surface area contributed by atoms with Crippen molar-refractivity contribution in [3.8, 4) is 11.3 Å². The van der Waals surface area contributed by atoms with Crippen LogP contribution >= 0.6 is 0 Å². The van der Waals surface area contributed by atoms with Gasteiger partial charge in [0.05, 0.1) is 29.4 Å². The first kappa shape index (κ1) is 23.1. The first-order chi connectivity index (χ1) is 18.1. The smallest absolute Gasteiger partial charge is 0.250 e. The molecule has 2 aromatic carbocycles. The van der Waals surface area contributed by atoms with Gasteiger partial charge >= 0.3 is 0 Å². The SMILES string of the molecule is Nc1nccc(-c2ccc3[nH]c(C4COC5C=CC(C(=O)NCCc6ccccc6)=CC5C4)nc3c2)n1. The van der Waals surface area contributed by atoms with Crippen molar-refractivity contribution in [2.45, 2.75) is 24.9 Å². The molecule has 6 rings (SSSR count). The van der Waals surface area contributed by atoms with E-state index in [1.165, 1.54) is 5.56 Å². The normalized spacial score (nSPS) is 20.9. The summed E-state index contributed by atoms with van der Waals surface area (Å²) in [4.78, 5) is 29.4. The third kappa shape index (κ3) is 5.01. The number of aromatic nitrogens is 4. The Morgan fingerprint density at radius 2 is 2.03 bits per heavy atom. The largest absolute Gasteiger partial charge is 0.373 e.